The van der Waals surface area contributed by atoms with Gasteiger partial charge in [-0.2, -0.15) is 0 Å². The Morgan fingerprint density at radius 3 is 2.89 bits per heavy atom. The summed E-state index contributed by atoms with van der Waals surface area (Å²) in [6.07, 6.45) is 8.11. The second-order valence-electron chi connectivity index (χ2n) is 6.09. The summed E-state index contributed by atoms with van der Waals surface area (Å²) in [4.78, 5) is 4.25. The van der Waals surface area contributed by atoms with Gasteiger partial charge in [0.1, 0.15) is 0 Å². The van der Waals surface area contributed by atoms with Crippen molar-refractivity contribution >= 4 is 11.3 Å². The van der Waals surface area contributed by atoms with E-state index in [1.54, 1.807) is 10.4 Å². The molecule has 0 amide bonds. The first kappa shape index (κ1) is 12.6. The molecule has 3 heteroatoms. The van der Waals surface area contributed by atoms with Crippen molar-refractivity contribution in [3.05, 3.63) is 21.9 Å². The number of hydrogen-bond acceptors (Lipinski definition) is 3. The highest BCUT2D eigenvalue weighted by Gasteiger charge is 2.33. The number of hydrogen-bond donors (Lipinski definition) is 1. The normalized spacial score (nSPS) is 23.8. The van der Waals surface area contributed by atoms with Crippen LogP contribution in [0.1, 0.15) is 42.5 Å². The highest BCUT2D eigenvalue weighted by molar-refractivity contribution is 7.10. The van der Waals surface area contributed by atoms with Gasteiger partial charge in [-0.25, -0.2) is 0 Å². The lowest BCUT2D eigenvalue weighted by molar-refractivity contribution is 0.103. The zero-order chi connectivity index (χ0) is 12.4. The molecule has 1 aromatic heterocycles. The van der Waals surface area contributed by atoms with Crippen molar-refractivity contribution in [2.45, 2.75) is 45.1 Å². The number of nitrogens with two attached hydrogens (primary N) is 1. The predicted octanol–water partition coefficient (Wildman–Crippen LogP) is 3.02. The Labute approximate surface area is 114 Å². The summed E-state index contributed by atoms with van der Waals surface area (Å²) in [7, 11) is 0. The van der Waals surface area contributed by atoms with Gasteiger partial charge >= 0.3 is 0 Å². The third-order valence-corrected chi connectivity index (χ3v) is 5.82. The van der Waals surface area contributed by atoms with E-state index >= 15 is 0 Å². The second kappa shape index (κ2) is 5.32. The molecule has 1 aromatic rings. The zero-order valence-corrected chi connectivity index (χ0v) is 12.0. The van der Waals surface area contributed by atoms with E-state index in [9.17, 15) is 0 Å². The minimum atomic E-state index is 0.422. The van der Waals surface area contributed by atoms with Gasteiger partial charge in [0.15, 0.2) is 0 Å². The van der Waals surface area contributed by atoms with Gasteiger partial charge in [0, 0.05) is 24.5 Å². The number of nitrogens with zero attached hydrogens (tertiary/aromatic N) is 1. The predicted molar refractivity (Wildman–Crippen MR) is 77.9 cm³/mol. The van der Waals surface area contributed by atoms with Gasteiger partial charge in [0.2, 0.25) is 0 Å². The fourth-order valence-corrected chi connectivity index (χ4v) is 4.53. The molecule has 100 valence electrons. The first-order valence-electron chi connectivity index (χ1n) is 7.29. The fourth-order valence-electron chi connectivity index (χ4n) is 3.64. The van der Waals surface area contributed by atoms with E-state index in [0.29, 0.717) is 5.41 Å². The van der Waals surface area contributed by atoms with Crippen LogP contribution in [-0.4, -0.2) is 24.5 Å². The summed E-state index contributed by atoms with van der Waals surface area (Å²) < 4.78 is 0. The molecule has 1 aliphatic carbocycles. The Balaban J connectivity index is 1.66. The van der Waals surface area contributed by atoms with Crippen LogP contribution in [0, 0.1) is 5.41 Å². The fraction of sp³-hybridized carbons (Fsp3) is 0.733. The Bertz CT molecular complexity index is 393. The van der Waals surface area contributed by atoms with Gasteiger partial charge in [-0.1, -0.05) is 19.3 Å². The standard InChI is InChI=1S/C15H24N2S/c16-11-15(6-2-1-3-7-15)12-17-8-4-14-13(10-17)5-9-18-14/h5,9H,1-4,6-8,10-12,16H2. The molecule has 1 fully saturated rings. The van der Waals surface area contributed by atoms with Crippen LogP contribution in [0.4, 0.5) is 0 Å². The molecule has 1 aliphatic heterocycles. The molecule has 0 bridgehead atoms. The zero-order valence-electron chi connectivity index (χ0n) is 11.2. The molecule has 0 radical (unpaired) electrons. The van der Waals surface area contributed by atoms with Crippen LogP contribution in [-0.2, 0) is 13.0 Å². The van der Waals surface area contributed by atoms with Crippen LogP contribution < -0.4 is 5.73 Å². The SMILES string of the molecule is NCC1(CN2CCc3sccc3C2)CCCCC1. The number of fused-ring (bicyclic) bond motifs is 1. The molecule has 0 aromatic carbocycles. The summed E-state index contributed by atoms with van der Waals surface area (Å²) in [6.45, 7) is 4.48. The van der Waals surface area contributed by atoms with Crippen molar-refractivity contribution in [2.75, 3.05) is 19.6 Å². The van der Waals surface area contributed by atoms with Gasteiger partial charge < -0.3 is 5.73 Å². The largest absolute Gasteiger partial charge is 0.330 e. The van der Waals surface area contributed by atoms with Crippen molar-refractivity contribution in [1.29, 1.82) is 0 Å². The maximum absolute atomic E-state index is 6.11. The molecule has 2 aliphatic rings. The van der Waals surface area contributed by atoms with Crippen LogP contribution in [0.2, 0.25) is 0 Å². The summed E-state index contributed by atoms with van der Waals surface area (Å²) in [5, 5.41) is 2.24. The lowest BCUT2D eigenvalue weighted by Crippen LogP contribution is -2.45. The van der Waals surface area contributed by atoms with Crippen LogP contribution >= 0.6 is 11.3 Å². The first-order valence-corrected chi connectivity index (χ1v) is 8.17. The molecule has 0 atom stereocenters. The molecule has 0 unspecified atom stereocenters. The molecule has 2 heterocycles. The smallest absolute Gasteiger partial charge is 0.0245 e. The molecule has 2 nitrogen and oxygen atoms in total. The van der Waals surface area contributed by atoms with E-state index in [1.807, 2.05) is 11.3 Å². The van der Waals surface area contributed by atoms with Gasteiger partial charge in [-0.05, 0) is 48.2 Å². The molecule has 3 rings (SSSR count). The molecular formula is C15H24N2S. The van der Waals surface area contributed by atoms with Crippen molar-refractivity contribution in [3.8, 4) is 0 Å². The molecule has 2 N–H and O–H groups in total. The van der Waals surface area contributed by atoms with Gasteiger partial charge in [0.05, 0.1) is 0 Å². The highest BCUT2D eigenvalue weighted by atomic mass is 32.1. The third-order valence-electron chi connectivity index (χ3n) is 4.79. The number of rotatable bonds is 3. The third kappa shape index (κ3) is 2.49. The average Bonchev–Trinajstić information content (AvgIpc) is 2.87. The lowest BCUT2D eigenvalue weighted by Gasteiger charge is -2.41. The van der Waals surface area contributed by atoms with E-state index in [2.05, 4.69) is 16.3 Å². The maximum atomic E-state index is 6.11. The Hall–Kier alpha value is -0.380. The van der Waals surface area contributed by atoms with E-state index in [-0.39, 0.29) is 0 Å². The minimum absolute atomic E-state index is 0.422. The maximum Gasteiger partial charge on any atom is 0.0245 e. The second-order valence-corrected chi connectivity index (χ2v) is 7.10. The summed E-state index contributed by atoms with van der Waals surface area (Å²) in [5.41, 5.74) is 8.09. The molecule has 0 spiro atoms. The molecular weight excluding hydrogens is 240 g/mol. The first-order chi connectivity index (χ1) is 8.81. The Kier molecular flexibility index (Phi) is 3.73. The van der Waals surface area contributed by atoms with Crippen molar-refractivity contribution in [2.24, 2.45) is 11.1 Å². The van der Waals surface area contributed by atoms with Crippen molar-refractivity contribution in [1.82, 2.24) is 4.90 Å². The van der Waals surface area contributed by atoms with Gasteiger partial charge in [0.25, 0.3) is 0 Å². The summed E-state index contributed by atoms with van der Waals surface area (Å²) in [6, 6.07) is 2.31. The Morgan fingerprint density at radius 1 is 1.28 bits per heavy atom. The average molecular weight is 264 g/mol. The van der Waals surface area contributed by atoms with Gasteiger partial charge in [-0.15, -0.1) is 11.3 Å². The molecule has 18 heavy (non-hydrogen) atoms. The van der Waals surface area contributed by atoms with E-state index in [0.717, 1.165) is 13.1 Å². The summed E-state index contributed by atoms with van der Waals surface area (Å²) in [5.74, 6) is 0. The summed E-state index contributed by atoms with van der Waals surface area (Å²) >= 11 is 1.93. The van der Waals surface area contributed by atoms with E-state index < -0.39 is 0 Å². The molecule has 1 saturated carbocycles. The lowest BCUT2D eigenvalue weighted by atomic mass is 9.73. The van der Waals surface area contributed by atoms with Gasteiger partial charge in [-0.3, -0.25) is 4.90 Å². The quantitative estimate of drug-likeness (QED) is 0.909. The van der Waals surface area contributed by atoms with Crippen LogP contribution in [0.15, 0.2) is 11.4 Å². The monoisotopic (exact) mass is 264 g/mol. The Morgan fingerprint density at radius 2 is 2.11 bits per heavy atom. The number of thiophene rings is 1. The van der Waals surface area contributed by atoms with E-state index in [1.165, 1.54) is 51.6 Å². The van der Waals surface area contributed by atoms with Crippen LogP contribution in [0.3, 0.4) is 0 Å². The highest BCUT2D eigenvalue weighted by Crippen LogP contribution is 2.37. The van der Waals surface area contributed by atoms with Crippen LogP contribution in [0.5, 0.6) is 0 Å². The van der Waals surface area contributed by atoms with Crippen molar-refractivity contribution in [3.63, 3.8) is 0 Å². The molecule has 0 saturated heterocycles. The van der Waals surface area contributed by atoms with E-state index in [4.69, 9.17) is 5.73 Å². The minimum Gasteiger partial charge on any atom is -0.330 e. The van der Waals surface area contributed by atoms with Crippen molar-refractivity contribution < 1.29 is 0 Å². The van der Waals surface area contributed by atoms with Crippen LogP contribution in [0.25, 0.3) is 0 Å². The topological polar surface area (TPSA) is 29.3 Å².